The van der Waals surface area contributed by atoms with Gasteiger partial charge in [-0.3, -0.25) is 19.3 Å². The SMILES string of the molecule is C=S1(=O)NC(=O)c2ccc3c(c2)N(C[C@@H]2CC[C@H]2[C@@](CN2CCN([C@@H]4CCOC4)CC2)(OC)/C=C/C[C@H](C)[C@H]1C)C[C@@]1(CCCc2cc(Cl)ccc21)CO3. The Hall–Kier alpha value is -2.60. The largest absolute Gasteiger partial charge is 0.490 e. The number of ether oxygens (including phenoxy) is 3. The molecule has 2 aliphatic carbocycles. The number of benzene rings is 2. The lowest BCUT2D eigenvalue weighted by Crippen LogP contribution is -2.59. The predicted molar refractivity (Wildman–Crippen MR) is 219 cm³/mol. The van der Waals surface area contributed by atoms with Gasteiger partial charge in [0.05, 0.1) is 28.6 Å². The Morgan fingerprint density at radius 2 is 1.93 bits per heavy atom. The van der Waals surface area contributed by atoms with Gasteiger partial charge in [-0.15, -0.1) is 0 Å². The van der Waals surface area contributed by atoms with E-state index in [1.165, 1.54) is 11.1 Å². The van der Waals surface area contributed by atoms with Crippen LogP contribution in [0.3, 0.4) is 0 Å². The molecule has 4 heterocycles. The second kappa shape index (κ2) is 15.4. The average Bonchev–Trinajstić information content (AvgIpc) is 3.65. The number of nitrogens with zero attached hydrogens (tertiary/aromatic N) is 3. The first-order valence-electron chi connectivity index (χ1n) is 20.2. The van der Waals surface area contributed by atoms with Gasteiger partial charge in [0.15, 0.2) is 0 Å². The van der Waals surface area contributed by atoms with Gasteiger partial charge in [-0.25, -0.2) is 4.21 Å². The summed E-state index contributed by atoms with van der Waals surface area (Å²) in [6, 6.07) is 12.6. The zero-order chi connectivity index (χ0) is 37.7. The zero-order valence-electron chi connectivity index (χ0n) is 32.4. The van der Waals surface area contributed by atoms with E-state index in [4.69, 9.17) is 25.8 Å². The molecule has 2 aromatic carbocycles. The van der Waals surface area contributed by atoms with Crippen LogP contribution in [0.5, 0.6) is 5.75 Å². The van der Waals surface area contributed by atoms with Crippen molar-refractivity contribution in [2.75, 3.05) is 77.6 Å². The highest BCUT2D eigenvalue weighted by Crippen LogP contribution is 2.49. The fourth-order valence-corrected chi connectivity index (χ4v) is 12.0. The summed E-state index contributed by atoms with van der Waals surface area (Å²) in [5.41, 5.74) is 3.31. The number of halogens is 1. The third kappa shape index (κ3) is 7.36. The van der Waals surface area contributed by atoms with E-state index in [0.29, 0.717) is 30.0 Å². The van der Waals surface area contributed by atoms with Crippen molar-refractivity contribution in [3.63, 3.8) is 0 Å². The molecule has 3 fully saturated rings. The molecule has 8 atom stereocenters. The monoisotopic (exact) mass is 778 g/mol. The van der Waals surface area contributed by atoms with Crippen LogP contribution in [0.2, 0.25) is 5.02 Å². The molecule has 8 rings (SSSR count). The van der Waals surface area contributed by atoms with Crippen molar-refractivity contribution in [1.82, 2.24) is 14.5 Å². The molecule has 6 aliphatic rings. The van der Waals surface area contributed by atoms with Gasteiger partial charge in [0, 0.05) is 86.8 Å². The van der Waals surface area contributed by atoms with E-state index >= 15 is 0 Å². The first-order valence-corrected chi connectivity index (χ1v) is 22.4. The molecule has 0 aromatic heterocycles. The Bertz CT molecular complexity index is 1840. The predicted octanol–water partition coefficient (Wildman–Crippen LogP) is 5.98. The number of carbonyl (C=O) groups excluding carboxylic acids is 1. The van der Waals surface area contributed by atoms with Crippen molar-refractivity contribution in [2.24, 2.45) is 17.8 Å². The first kappa shape index (κ1) is 38.3. The van der Waals surface area contributed by atoms with Gasteiger partial charge >= 0.3 is 0 Å². The summed E-state index contributed by atoms with van der Waals surface area (Å²) in [6.45, 7) is 12.9. The normalized spacial score (nSPS) is 37.0. The Labute approximate surface area is 327 Å². The van der Waals surface area contributed by atoms with Crippen molar-refractivity contribution in [3.05, 3.63) is 70.3 Å². The number of nitrogens with one attached hydrogen (secondary N) is 1. The van der Waals surface area contributed by atoms with Gasteiger partial charge in [-0.1, -0.05) is 36.7 Å². The number of rotatable bonds is 4. The molecule has 1 amide bonds. The number of fused-ring (bicyclic) bond motifs is 4. The van der Waals surface area contributed by atoms with E-state index in [2.05, 4.69) is 56.5 Å². The quantitative estimate of drug-likeness (QED) is 0.300. The van der Waals surface area contributed by atoms with Crippen molar-refractivity contribution in [2.45, 2.75) is 81.1 Å². The van der Waals surface area contributed by atoms with Crippen LogP contribution < -0.4 is 14.4 Å². The molecular weight excluding hydrogens is 720 g/mol. The molecule has 2 aromatic rings. The number of piperazine rings is 1. The van der Waals surface area contributed by atoms with Crippen molar-refractivity contribution in [1.29, 1.82) is 0 Å². The van der Waals surface area contributed by atoms with Crippen LogP contribution in [-0.4, -0.2) is 115 Å². The molecule has 1 spiro atoms. The van der Waals surface area contributed by atoms with Crippen LogP contribution in [0.4, 0.5) is 5.69 Å². The fourth-order valence-electron chi connectivity index (χ4n) is 10.4. The van der Waals surface area contributed by atoms with Gasteiger partial charge in [-0.2, -0.15) is 0 Å². The van der Waals surface area contributed by atoms with Crippen molar-refractivity contribution in [3.8, 4) is 5.75 Å². The third-order valence-electron chi connectivity index (χ3n) is 14.1. The molecule has 1 unspecified atom stereocenters. The smallest absolute Gasteiger partial charge is 0.262 e. The van der Waals surface area contributed by atoms with Crippen LogP contribution in [0.25, 0.3) is 0 Å². The van der Waals surface area contributed by atoms with Crippen LogP contribution in [0, 0.1) is 17.8 Å². The van der Waals surface area contributed by atoms with Gasteiger partial charge < -0.3 is 19.1 Å². The number of methoxy groups -OCH3 is 1. The lowest BCUT2D eigenvalue weighted by molar-refractivity contribution is -0.0964. The van der Waals surface area contributed by atoms with Crippen molar-refractivity contribution >= 4 is 38.8 Å². The fraction of sp³-hybridized carbons (Fsp3) is 0.628. The molecule has 1 N–H and O–H groups in total. The lowest BCUT2D eigenvalue weighted by atomic mass is 9.63. The second-order valence-electron chi connectivity index (χ2n) is 17.2. The molecule has 4 aliphatic heterocycles. The maximum Gasteiger partial charge on any atom is 0.262 e. The maximum absolute atomic E-state index is 14.1. The standard InChI is InChI=1S/C43H59ClN4O5S/c1-30-7-5-17-43(51-3,28-46-18-20-47(21-19-46)36-15-22-52-26-36)38-12-9-34(38)25-48-27-42(16-6-8-32-23-35(44)11-13-37(32)42)29-53-40-14-10-33(24-39(40)48)41(49)45-54(4,50)31(30)2/h5,10-11,13-14,17,23-24,30-31,34,36,38H,4,6-9,12,15-16,18-22,25-29H2,1-3H3,(H,45,49,50)/b17-5+/t30-,31+,34-,36+,38+,42-,43+,54?/m0/s1. The topological polar surface area (TPSA) is 83.6 Å². The molecule has 0 radical (unpaired) electrons. The Balaban J connectivity index is 1.16. The Morgan fingerprint density at radius 3 is 2.67 bits per heavy atom. The van der Waals surface area contributed by atoms with E-state index in [-0.39, 0.29) is 22.5 Å². The van der Waals surface area contributed by atoms with E-state index in [9.17, 15) is 9.00 Å². The molecule has 294 valence electrons. The number of carbonyl (C=O) groups is 1. The summed E-state index contributed by atoms with van der Waals surface area (Å²) >= 11 is 6.53. The number of aryl methyl sites for hydroxylation is 1. The maximum atomic E-state index is 14.1. The van der Waals surface area contributed by atoms with Gasteiger partial charge in [0.2, 0.25) is 0 Å². The summed E-state index contributed by atoms with van der Waals surface area (Å²) in [5.74, 6) is 5.22. The highest BCUT2D eigenvalue weighted by Gasteiger charge is 2.50. The molecule has 11 heteroatoms. The minimum absolute atomic E-state index is 0.0313. The van der Waals surface area contributed by atoms with E-state index in [1.54, 1.807) is 6.07 Å². The molecule has 54 heavy (non-hydrogen) atoms. The van der Waals surface area contributed by atoms with Crippen LogP contribution in [-0.2, 0) is 31.0 Å². The minimum atomic E-state index is -2.96. The number of allylic oxidation sites excluding steroid dienone is 1. The Kier molecular flexibility index (Phi) is 10.9. The summed E-state index contributed by atoms with van der Waals surface area (Å²) in [7, 11) is -1.06. The molecule has 9 nitrogen and oxygen atoms in total. The molecular formula is C43H59ClN4O5S. The number of hydrogen-bond donors (Lipinski definition) is 1. The Morgan fingerprint density at radius 1 is 1.09 bits per heavy atom. The summed E-state index contributed by atoms with van der Waals surface area (Å²) in [5, 5.41) is 0.436. The second-order valence-corrected chi connectivity index (χ2v) is 20.0. The van der Waals surface area contributed by atoms with Gasteiger partial charge in [0.1, 0.15) is 11.4 Å². The minimum Gasteiger partial charge on any atom is -0.490 e. The summed E-state index contributed by atoms with van der Waals surface area (Å²) in [6.07, 6.45) is 11.7. The molecule has 2 bridgehead atoms. The highest BCUT2D eigenvalue weighted by atomic mass is 35.5. The van der Waals surface area contributed by atoms with Gasteiger partial charge in [-0.05, 0) is 117 Å². The highest BCUT2D eigenvalue weighted by molar-refractivity contribution is 7.99. The molecule has 1 saturated carbocycles. The zero-order valence-corrected chi connectivity index (χ0v) is 34.0. The number of hydrogen-bond acceptors (Lipinski definition) is 8. The van der Waals surface area contributed by atoms with Gasteiger partial charge in [0.25, 0.3) is 5.91 Å². The number of anilines is 1. The first-order chi connectivity index (χ1) is 26.0. The van der Waals surface area contributed by atoms with E-state index < -0.39 is 15.3 Å². The van der Waals surface area contributed by atoms with Crippen LogP contribution >= 0.6 is 11.6 Å². The lowest BCUT2D eigenvalue weighted by Gasteiger charge is -2.52. The number of amides is 1. The molecule has 2 saturated heterocycles. The summed E-state index contributed by atoms with van der Waals surface area (Å²) in [4.78, 5) is 21.6. The third-order valence-corrected chi connectivity index (χ3v) is 16.5. The summed E-state index contributed by atoms with van der Waals surface area (Å²) < 4.78 is 36.2. The van der Waals surface area contributed by atoms with Crippen LogP contribution in [0.1, 0.15) is 73.9 Å². The van der Waals surface area contributed by atoms with E-state index in [0.717, 1.165) is 120 Å². The average molecular weight is 779 g/mol. The van der Waals surface area contributed by atoms with E-state index in [1.807, 2.05) is 32.2 Å². The van der Waals surface area contributed by atoms with Crippen LogP contribution in [0.15, 0.2) is 48.6 Å². The van der Waals surface area contributed by atoms with Crippen molar-refractivity contribution < 1.29 is 23.2 Å².